The Labute approximate surface area is 154 Å². The SMILES string of the molecule is CCn1cc(Cn2cc(NC(=O)Cn3nc(C)c([N+](=O)[O-])c3C)cn2)cn1. The van der Waals surface area contributed by atoms with Crippen LogP contribution in [-0.4, -0.2) is 40.2 Å². The molecule has 11 nitrogen and oxygen atoms in total. The molecule has 0 aliphatic heterocycles. The van der Waals surface area contributed by atoms with Gasteiger partial charge >= 0.3 is 5.69 Å². The van der Waals surface area contributed by atoms with Gasteiger partial charge in [0.15, 0.2) is 0 Å². The molecule has 0 aromatic carbocycles. The zero-order valence-corrected chi connectivity index (χ0v) is 15.3. The smallest absolute Gasteiger partial charge is 0.312 e. The highest BCUT2D eigenvalue weighted by Crippen LogP contribution is 2.21. The number of carbonyl (C=O) groups excluding carboxylic acids is 1. The summed E-state index contributed by atoms with van der Waals surface area (Å²) in [7, 11) is 0. The number of hydrogen-bond donors (Lipinski definition) is 1. The minimum Gasteiger partial charge on any atom is -0.322 e. The van der Waals surface area contributed by atoms with Crippen LogP contribution in [0.25, 0.3) is 0 Å². The second-order valence-electron chi connectivity index (χ2n) is 6.11. The normalized spacial score (nSPS) is 10.9. The fraction of sp³-hybridized carbons (Fsp3) is 0.375. The summed E-state index contributed by atoms with van der Waals surface area (Å²) in [4.78, 5) is 22.8. The topological polar surface area (TPSA) is 126 Å². The molecule has 1 amide bonds. The third-order valence-corrected chi connectivity index (χ3v) is 4.09. The zero-order valence-electron chi connectivity index (χ0n) is 15.3. The van der Waals surface area contributed by atoms with E-state index in [4.69, 9.17) is 0 Å². The van der Waals surface area contributed by atoms with Crippen LogP contribution in [0.1, 0.15) is 23.9 Å². The molecular formula is C16H20N8O3. The van der Waals surface area contributed by atoms with Gasteiger partial charge in [-0.1, -0.05) is 0 Å². The molecule has 0 spiro atoms. The number of nitrogens with one attached hydrogen (secondary N) is 1. The number of amides is 1. The average Bonchev–Trinajstić information content (AvgIpc) is 3.29. The maximum absolute atomic E-state index is 12.2. The summed E-state index contributed by atoms with van der Waals surface area (Å²) in [5.41, 5.74) is 2.11. The summed E-state index contributed by atoms with van der Waals surface area (Å²) >= 11 is 0. The molecule has 0 radical (unpaired) electrons. The maximum atomic E-state index is 12.2. The fourth-order valence-corrected chi connectivity index (χ4v) is 2.80. The van der Waals surface area contributed by atoms with E-state index in [0.29, 0.717) is 17.9 Å². The van der Waals surface area contributed by atoms with Crippen LogP contribution in [0.3, 0.4) is 0 Å². The van der Waals surface area contributed by atoms with Crippen molar-refractivity contribution in [1.29, 1.82) is 0 Å². The van der Waals surface area contributed by atoms with E-state index in [1.54, 1.807) is 37.1 Å². The molecule has 3 heterocycles. The Morgan fingerprint density at radius 1 is 1.22 bits per heavy atom. The summed E-state index contributed by atoms with van der Waals surface area (Å²) < 4.78 is 4.85. The van der Waals surface area contributed by atoms with E-state index in [9.17, 15) is 14.9 Å². The van der Waals surface area contributed by atoms with Crippen molar-refractivity contribution in [1.82, 2.24) is 29.3 Å². The molecule has 27 heavy (non-hydrogen) atoms. The molecule has 3 aromatic rings. The molecule has 3 rings (SSSR count). The molecule has 142 valence electrons. The van der Waals surface area contributed by atoms with E-state index >= 15 is 0 Å². The van der Waals surface area contributed by atoms with E-state index in [0.717, 1.165) is 12.1 Å². The standard InChI is InChI=1S/C16H20N8O3/c1-4-21-7-13(5-17-21)8-22-9-14(6-18-22)19-15(25)10-23-12(3)16(24(26)27)11(2)20-23/h5-7,9H,4,8,10H2,1-3H3,(H,19,25). The molecular weight excluding hydrogens is 352 g/mol. The largest absolute Gasteiger partial charge is 0.322 e. The summed E-state index contributed by atoms with van der Waals surface area (Å²) in [5.74, 6) is -0.339. The Hall–Kier alpha value is -3.50. The van der Waals surface area contributed by atoms with E-state index in [1.807, 2.05) is 17.8 Å². The van der Waals surface area contributed by atoms with Crippen molar-refractivity contribution >= 4 is 17.3 Å². The van der Waals surface area contributed by atoms with Crippen molar-refractivity contribution in [3.8, 4) is 0 Å². The molecule has 0 aliphatic carbocycles. The van der Waals surface area contributed by atoms with Gasteiger partial charge in [0.05, 0.1) is 29.5 Å². The third kappa shape index (κ3) is 4.02. The Bertz CT molecular complexity index is 984. The Morgan fingerprint density at radius 2 is 1.96 bits per heavy atom. The first-order valence-corrected chi connectivity index (χ1v) is 8.39. The third-order valence-electron chi connectivity index (χ3n) is 4.09. The van der Waals surface area contributed by atoms with Gasteiger partial charge in [-0.05, 0) is 20.8 Å². The molecule has 0 unspecified atom stereocenters. The fourth-order valence-electron chi connectivity index (χ4n) is 2.80. The first kappa shape index (κ1) is 18.3. The highest BCUT2D eigenvalue weighted by atomic mass is 16.6. The van der Waals surface area contributed by atoms with E-state index < -0.39 is 4.92 Å². The van der Waals surface area contributed by atoms with Gasteiger partial charge in [-0.2, -0.15) is 15.3 Å². The summed E-state index contributed by atoms with van der Waals surface area (Å²) in [6.07, 6.45) is 6.98. The number of rotatable bonds is 7. The molecule has 0 saturated heterocycles. The predicted octanol–water partition coefficient (Wildman–Crippen LogP) is 1.51. The van der Waals surface area contributed by atoms with Crippen molar-refractivity contribution in [3.05, 3.63) is 51.9 Å². The lowest BCUT2D eigenvalue weighted by atomic mass is 10.3. The van der Waals surface area contributed by atoms with Crippen LogP contribution in [0.15, 0.2) is 24.8 Å². The van der Waals surface area contributed by atoms with Crippen LogP contribution in [0.2, 0.25) is 0 Å². The molecule has 0 bridgehead atoms. The van der Waals surface area contributed by atoms with Gasteiger partial charge in [0.2, 0.25) is 5.91 Å². The van der Waals surface area contributed by atoms with Gasteiger partial charge in [0, 0.05) is 24.5 Å². The van der Waals surface area contributed by atoms with Crippen LogP contribution in [0.4, 0.5) is 11.4 Å². The summed E-state index contributed by atoms with van der Waals surface area (Å²) in [6.45, 7) is 6.35. The van der Waals surface area contributed by atoms with Gasteiger partial charge < -0.3 is 5.32 Å². The van der Waals surface area contributed by atoms with Crippen molar-refractivity contribution in [2.45, 2.75) is 40.4 Å². The van der Waals surface area contributed by atoms with Gasteiger partial charge in [-0.25, -0.2) is 0 Å². The highest BCUT2D eigenvalue weighted by molar-refractivity contribution is 5.90. The number of nitro groups is 1. The molecule has 0 fully saturated rings. The Balaban J connectivity index is 1.63. The van der Waals surface area contributed by atoms with Gasteiger partial charge in [0.1, 0.15) is 17.9 Å². The molecule has 3 aromatic heterocycles. The van der Waals surface area contributed by atoms with Crippen molar-refractivity contribution in [2.24, 2.45) is 0 Å². The van der Waals surface area contributed by atoms with Crippen LogP contribution in [0.5, 0.6) is 0 Å². The van der Waals surface area contributed by atoms with Crippen LogP contribution in [-0.2, 0) is 24.4 Å². The first-order chi connectivity index (χ1) is 12.9. The second-order valence-corrected chi connectivity index (χ2v) is 6.11. The monoisotopic (exact) mass is 372 g/mol. The second kappa shape index (κ2) is 7.40. The number of carbonyl (C=O) groups is 1. The minimum absolute atomic E-state index is 0.0664. The first-order valence-electron chi connectivity index (χ1n) is 8.39. The maximum Gasteiger partial charge on any atom is 0.312 e. The van der Waals surface area contributed by atoms with Crippen molar-refractivity contribution in [2.75, 3.05) is 5.32 Å². The molecule has 0 saturated carbocycles. The minimum atomic E-state index is -0.489. The van der Waals surface area contributed by atoms with Gasteiger partial charge in [0.25, 0.3) is 0 Å². The molecule has 1 N–H and O–H groups in total. The number of aromatic nitrogens is 6. The molecule has 0 atom stereocenters. The summed E-state index contributed by atoms with van der Waals surface area (Å²) in [6, 6.07) is 0. The lowest BCUT2D eigenvalue weighted by Crippen LogP contribution is -2.20. The average molecular weight is 372 g/mol. The highest BCUT2D eigenvalue weighted by Gasteiger charge is 2.22. The van der Waals surface area contributed by atoms with Gasteiger partial charge in [-0.3, -0.25) is 29.0 Å². The van der Waals surface area contributed by atoms with Crippen molar-refractivity contribution < 1.29 is 9.72 Å². The van der Waals surface area contributed by atoms with E-state index in [1.165, 1.54) is 4.68 Å². The number of nitrogens with zero attached hydrogens (tertiary/aromatic N) is 7. The molecule has 11 heteroatoms. The molecule has 0 aliphatic rings. The quantitative estimate of drug-likeness (QED) is 0.495. The lowest BCUT2D eigenvalue weighted by molar-refractivity contribution is -0.386. The zero-order chi connectivity index (χ0) is 19.6. The number of hydrogen-bond acceptors (Lipinski definition) is 6. The van der Waals surface area contributed by atoms with Crippen LogP contribution < -0.4 is 5.32 Å². The van der Waals surface area contributed by atoms with Crippen LogP contribution >= 0.6 is 0 Å². The van der Waals surface area contributed by atoms with Crippen LogP contribution in [0, 0.1) is 24.0 Å². The Morgan fingerprint density at radius 3 is 2.59 bits per heavy atom. The van der Waals surface area contributed by atoms with E-state index in [2.05, 4.69) is 20.6 Å². The number of aryl methyl sites for hydroxylation is 2. The van der Waals surface area contributed by atoms with Gasteiger partial charge in [-0.15, -0.1) is 0 Å². The predicted molar refractivity (Wildman–Crippen MR) is 96.2 cm³/mol. The summed E-state index contributed by atoms with van der Waals surface area (Å²) in [5, 5.41) is 26.3. The van der Waals surface area contributed by atoms with E-state index in [-0.39, 0.29) is 23.8 Å². The van der Waals surface area contributed by atoms with Crippen molar-refractivity contribution in [3.63, 3.8) is 0 Å². The lowest BCUT2D eigenvalue weighted by Gasteiger charge is -2.04. The number of anilines is 1. The Kier molecular flexibility index (Phi) is 5.01.